The number of hydrogen-bond donors (Lipinski definition) is 2. The molecule has 1 aliphatic rings. The number of nitrogens with one attached hydrogen (secondary N) is 2. The molecule has 1 aliphatic heterocycles. The van der Waals surface area contributed by atoms with Gasteiger partial charge in [0.05, 0.1) is 24.3 Å². The fourth-order valence-electron chi connectivity index (χ4n) is 3.22. The van der Waals surface area contributed by atoms with Gasteiger partial charge in [0.15, 0.2) is 0 Å². The molecule has 2 aromatic carbocycles. The molecule has 1 aromatic heterocycles. The minimum absolute atomic E-state index is 0.0678. The quantitative estimate of drug-likeness (QED) is 0.707. The zero-order valence-electron chi connectivity index (χ0n) is 14.0. The topological polar surface area (TPSA) is 59.0 Å². The summed E-state index contributed by atoms with van der Waals surface area (Å²) in [6.45, 7) is 0.322. The monoisotopic (exact) mass is 352 g/mol. The third-order valence-corrected chi connectivity index (χ3v) is 4.59. The van der Waals surface area contributed by atoms with Gasteiger partial charge >= 0.3 is 6.03 Å². The Morgan fingerprint density at radius 2 is 1.96 bits per heavy atom. The lowest BCUT2D eigenvalue weighted by Gasteiger charge is -2.16. The molecule has 2 amide bonds. The third-order valence-electron chi connectivity index (χ3n) is 4.59. The van der Waals surface area contributed by atoms with Crippen LogP contribution >= 0.6 is 0 Å². The molecular weight excluding hydrogens is 337 g/mol. The Balaban J connectivity index is 1.47. The lowest BCUT2D eigenvalue weighted by Crippen LogP contribution is -2.33. The van der Waals surface area contributed by atoms with Crippen molar-refractivity contribution >= 4 is 25.0 Å². The highest BCUT2D eigenvalue weighted by atomic mass is 19.1. The van der Waals surface area contributed by atoms with Gasteiger partial charge in [-0.2, -0.15) is 0 Å². The van der Waals surface area contributed by atoms with Gasteiger partial charge in [0.1, 0.15) is 19.5 Å². The van der Waals surface area contributed by atoms with Gasteiger partial charge < -0.3 is 15.2 Å². The summed E-state index contributed by atoms with van der Waals surface area (Å²) in [5.41, 5.74) is 3.16. The van der Waals surface area contributed by atoms with E-state index in [1.54, 1.807) is 12.5 Å². The van der Waals surface area contributed by atoms with E-state index in [4.69, 9.17) is 0 Å². The number of carbonyl (C=O) groups is 1. The molecule has 2 N–H and O–H groups in total. The van der Waals surface area contributed by atoms with Gasteiger partial charge in [0.2, 0.25) is 0 Å². The number of carbonyl (C=O) groups excluding carboxylic acids is 1. The number of anilines is 1. The number of benzene rings is 2. The summed E-state index contributed by atoms with van der Waals surface area (Å²) >= 11 is 0. The SMILES string of the molecule is Bc1c(F)cc(NC(=O)NCC2c3ccccc3-c3cncn32)cc1F. The molecule has 26 heavy (non-hydrogen) atoms. The summed E-state index contributed by atoms with van der Waals surface area (Å²) in [7, 11) is 1.34. The van der Waals surface area contributed by atoms with E-state index >= 15 is 0 Å². The number of rotatable bonds is 3. The Hall–Kier alpha value is -3.16. The standard InChI is InChI=1S/C18H15BF2N4O/c19-17-13(20)5-10(6-14(17)21)24-18(26)23-8-16-12-4-2-1-3-11(12)15-7-22-9-25(15)16/h1-7,9,16H,8,19H2,(H2,23,24,26). The molecule has 0 bridgehead atoms. The molecule has 0 saturated carbocycles. The lowest BCUT2D eigenvalue weighted by molar-refractivity contribution is 0.251. The average Bonchev–Trinajstić information content (AvgIpc) is 3.19. The Bertz CT molecular complexity index is 981. The molecule has 5 nitrogen and oxygen atoms in total. The zero-order chi connectivity index (χ0) is 18.3. The number of nitrogens with zero attached hydrogens (tertiary/aromatic N) is 2. The molecule has 1 atom stereocenters. The van der Waals surface area contributed by atoms with Crippen molar-refractivity contribution in [3.63, 3.8) is 0 Å². The number of hydrogen-bond acceptors (Lipinski definition) is 2. The van der Waals surface area contributed by atoms with Gasteiger partial charge in [0, 0.05) is 17.8 Å². The zero-order valence-corrected chi connectivity index (χ0v) is 14.0. The molecule has 0 saturated heterocycles. The first-order valence-electron chi connectivity index (χ1n) is 8.16. The molecule has 2 heterocycles. The largest absolute Gasteiger partial charge is 0.335 e. The van der Waals surface area contributed by atoms with Crippen molar-refractivity contribution in [1.82, 2.24) is 14.9 Å². The summed E-state index contributed by atoms with van der Waals surface area (Å²) in [6, 6.07) is 9.51. The summed E-state index contributed by atoms with van der Waals surface area (Å²) in [5, 5.41) is 5.22. The van der Waals surface area contributed by atoms with E-state index in [1.165, 1.54) is 7.85 Å². The van der Waals surface area contributed by atoms with Crippen molar-refractivity contribution in [2.75, 3.05) is 11.9 Å². The Morgan fingerprint density at radius 1 is 1.23 bits per heavy atom. The minimum Gasteiger partial charge on any atom is -0.335 e. The van der Waals surface area contributed by atoms with Crippen LogP contribution < -0.4 is 16.1 Å². The van der Waals surface area contributed by atoms with E-state index < -0.39 is 17.7 Å². The fraction of sp³-hybridized carbons (Fsp3) is 0.111. The average molecular weight is 352 g/mol. The normalized spacial score (nSPS) is 14.6. The first-order chi connectivity index (χ1) is 12.5. The van der Waals surface area contributed by atoms with Crippen LogP contribution in [-0.2, 0) is 0 Å². The van der Waals surface area contributed by atoms with Gasteiger partial charge in [-0.05, 0) is 23.2 Å². The number of halogens is 2. The van der Waals surface area contributed by atoms with Crippen molar-refractivity contribution in [1.29, 1.82) is 0 Å². The second kappa shape index (κ2) is 6.29. The van der Waals surface area contributed by atoms with Crippen molar-refractivity contribution in [3.8, 4) is 11.3 Å². The predicted octanol–water partition coefficient (Wildman–Crippen LogP) is 1.81. The van der Waals surface area contributed by atoms with E-state index in [1.807, 2.05) is 28.8 Å². The number of amides is 2. The smallest absolute Gasteiger partial charge is 0.319 e. The summed E-state index contributed by atoms with van der Waals surface area (Å²) in [6.07, 6.45) is 3.51. The Kier molecular flexibility index (Phi) is 3.95. The first-order valence-corrected chi connectivity index (χ1v) is 8.16. The maximum Gasteiger partial charge on any atom is 0.319 e. The summed E-state index contributed by atoms with van der Waals surface area (Å²) in [4.78, 5) is 16.3. The number of urea groups is 1. The predicted molar refractivity (Wildman–Crippen MR) is 97.4 cm³/mol. The molecule has 3 aromatic rings. The van der Waals surface area contributed by atoms with Crippen molar-refractivity contribution < 1.29 is 13.6 Å². The van der Waals surface area contributed by atoms with Gasteiger partial charge in [-0.3, -0.25) is 0 Å². The van der Waals surface area contributed by atoms with Crippen LogP contribution in [0, 0.1) is 11.6 Å². The van der Waals surface area contributed by atoms with Crippen LogP contribution in [-0.4, -0.2) is 30.0 Å². The van der Waals surface area contributed by atoms with Crippen LogP contribution in [0.1, 0.15) is 11.6 Å². The first kappa shape index (κ1) is 16.3. The minimum atomic E-state index is -0.701. The molecule has 0 fully saturated rings. The molecule has 0 spiro atoms. The van der Waals surface area contributed by atoms with Crippen molar-refractivity contribution in [2.45, 2.75) is 6.04 Å². The van der Waals surface area contributed by atoms with Crippen molar-refractivity contribution in [3.05, 3.63) is 66.1 Å². The highest BCUT2D eigenvalue weighted by Gasteiger charge is 2.28. The van der Waals surface area contributed by atoms with Gasteiger partial charge in [-0.25, -0.2) is 18.6 Å². The Labute approximate surface area is 149 Å². The second-order valence-corrected chi connectivity index (χ2v) is 6.19. The van der Waals surface area contributed by atoms with Gasteiger partial charge in [-0.1, -0.05) is 24.3 Å². The highest BCUT2D eigenvalue weighted by Crippen LogP contribution is 2.38. The number of imidazole rings is 1. The van der Waals surface area contributed by atoms with Gasteiger partial charge in [0.25, 0.3) is 0 Å². The summed E-state index contributed by atoms with van der Waals surface area (Å²) < 4.78 is 29.2. The number of fused-ring (bicyclic) bond motifs is 3. The van der Waals surface area contributed by atoms with Crippen LogP contribution in [0.2, 0.25) is 0 Å². The van der Waals surface area contributed by atoms with Crippen molar-refractivity contribution in [2.24, 2.45) is 0 Å². The van der Waals surface area contributed by atoms with Crippen LogP contribution in [0.4, 0.5) is 19.3 Å². The maximum absolute atomic E-state index is 13.6. The van der Waals surface area contributed by atoms with Crippen LogP contribution in [0.25, 0.3) is 11.3 Å². The molecule has 130 valence electrons. The van der Waals surface area contributed by atoms with E-state index in [0.717, 1.165) is 29.0 Å². The number of aromatic nitrogens is 2. The van der Waals surface area contributed by atoms with E-state index in [-0.39, 0.29) is 17.2 Å². The Morgan fingerprint density at radius 3 is 2.73 bits per heavy atom. The lowest BCUT2D eigenvalue weighted by atomic mass is 9.94. The maximum atomic E-state index is 13.6. The van der Waals surface area contributed by atoms with E-state index in [0.29, 0.717) is 6.54 Å². The van der Waals surface area contributed by atoms with E-state index in [2.05, 4.69) is 15.6 Å². The highest BCUT2D eigenvalue weighted by molar-refractivity contribution is 6.32. The van der Waals surface area contributed by atoms with E-state index in [9.17, 15) is 13.6 Å². The molecular formula is C18H15BF2N4O. The molecule has 0 radical (unpaired) electrons. The van der Waals surface area contributed by atoms with Gasteiger partial charge in [-0.15, -0.1) is 0 Å². The molecule has 1 unspecified atom stereocenters. The second-order valence-electron chi connectivity index (χ2n) is 6.19. The third kappa shape index (κ3) is 2.73. The molecule has 0 aliphatic carbocycles. The molecule has 4 rings (SSSR count). The van der Waals surface area contributed by atoms with Crippen LogP contribution in [0.3, 0.4) is 0 Å². The van der Waals surface area contributed by atoms with Crippen LogP contribution in [0.5, 0.6) is 0 Å². The summed E-state index contributed by atoms with van der Waals surface area (Å²) in [5.74, 6) is -1.40. The molecule has 8 heteroatoms. The van der Waals surface area contributed by atoms with Crippen LogP contribution in [0.15, 0.2) is 48.9 Å². The fourth-order valence-corrected chi connectivity index (χ4v) is 3.22.